The number of likely N-dealkylation sites (N-methyl/N-ethyl adjacent to an activating group) is 3. The Bertz CT molecular complexity index is 4080. The van der Waals surface area contributed by atoms with E-state index in [0.717, 1.165) is 52.8 Å². The number of aromatic amines is 1. The molecule has 2 fully saturated rings. The van der Waals surface area contributed by atoms with Gasteiger partial charge in [0.25, 0.3) is 17.7 Å². The number of halogens is 1. The zero-order valence-electron chi connectivity index (χ0n) is 56.3. The molecule has 520 valence electrons. The van der Waals surface area contributed by atoms with Gasteiger partial charge in [-0.15, -0.1) is 22.9 Å². The van der Waals surface area contributed by atoms with Crippen molar-refractivity contribution in [3.8, 4) is 5.75 Å². The molecule has 0 spiro atoms. The monoisotopic (exact) mass is 1380 g/mol. The predicted octanol–water partition coefficient (Wildman–Crippen LogP) is 9.62. The molecule has 0 saturated carbocycles. The zero-order valence-corrected chi connectivity index (χ0v) is 57.9. The lowest BCUT2D eigenvalue weighted by Crippen LogP contribution is -2.58. The van der Waals surface area contributed by atoms with Gasteiger partial charge >= 0.3 is 18.2 Å². The van der Waals surface area contributed by atoms with Crippen molar-refractivity contribution >= 4 is 115 Å². The number of H-pyrrole nitrogens is 1. The fourth-order valence-electron chi connectivity index (χ4n) is 13.5. The number of alkyl halides is 1. The Balaban J connectivity index is 0.915. The number of fused-ring (bicyclic) bond motifs is 4. The predicted molar refractivity (Wildman–Crippen MR) is 380 cm³/mol. The van der Waals surface area contributed by atoms with Gasteiger partial charge in [-0.05, 0) is 154 Å². The number of amides is 7. The number of nitrogen functional groups attached to an aromatic ring is 2. The van der Waals surface area contributed by atoms with E-state index < -0.39 is 66.2 Å². The highest BCUT2D eigenvalue weighted by Crippen LogP contribution is 2.47. The average Bonchev–Trinajstić information content (AvgIpc) is 1.52. The van der Waals surface area contributed by atoms with Gasteiger partial charge in [0.15, 0.2) is 6.10 Å². The minimum absolute atomic E-state index is 0.0123. The Hall–Kier alpha value is -9.30. The summed E-state index contributed by atoms with van der Waals surface area (Å²) in [5.41, 5.74) is 23.5. The first-order valence-electron chi connectivity index (χ1n) is 33.3. The molecule has 5 aromatic carbocycles. The van der Waals surface area contributed by atoms with Crippen molar-refractivity contribution in [3.05, 3.63) is 141 Å². The molecule has 11 N–H and O–H groups in total. The molecule has 2 saturated heterocycles. The number of benzene rings is 5. The number of carbonyl (C=O) groups excluding carboxylic acids is 7. The Morgan fingerprint density at radius 2 is 1.52 bits per heavy atom. The van der Waals surface area contributed by atoms with Crippen LogP contribution < -0.4 is 42.8 Å². The van der Waals surface area contributed by atoms with Gasteiger partial charge in [-0.1, -0.05) is 64.4 Å². The van der Waals surface area contributed by atoms with E-state index in [1.807, 2.05) is 70.1 Å². The van der Waals surface area contributed by atoms with Gasteiger partial charge in [-0.3, -0.25) is 33.7 Å². The number of carboxylic acids is 1. The molecule has 8 atom stereocenters. The summed E-state index contributed by atoms with van der Waals surface area (Å²) >= 11 is 7.95. The number of hydrogen-bond donors (Lipinski definition) is 8. The number of aryl methyl sites for hydroxylation is 1. The summed E-state index contributed by atoms with van der Waals surface area (Å²) in [5, 5.41) is 22.7. The number of aliphatic carboxylic acids is 1. The number of piperazine rings is 1. The van der Waals surface area contributed by atoms with Crippen LogP contribution in [-0.4, -0.2) is 173 Å². The second-order valence-corrected chi connectivity index (χ2v) is 28.0. The standard InChI is InChI=1S/C72H88ClN13O11S/c1-40(2)58(35-61(96-71(76)94)67-80-56(39-98-67)65(88)78-51(30-42(4)70(92)93)31-43-13-18-48(74)19-14-43)84(7)69(91)63(81-66(89)57-10-8-9-25-83(57)6)41(3)11-12-44-15-23-52-53(32-44)62-47(37-73)38-86(59(62)36-60(52)97-72(95)85-28-26-82(5)27-29-85)68(90)55-34-46-33-50(22-24-54(46)79-55)77-64(87)45-16-20-49(75)21-17-45/h13-24,32-34,36,39-42,47,51,57-58,61,63,79H,8-12,25-31,35,37-38,74-75H2,1-7H3,(H2,76,94)(H,77,87)(H,78,88)(H,81,89)(H,92,93)/t41-,42-,47+,51+,57+,58+,61+,63-/m0/s1. The maximum absolute atomic E-state index is 15.5. The van der Waals surface area contributed by atoms with E-state index in [2.05, 4.69) is 30.8 Å². The molecule has 7 aromatic rings. The number of carbonyl (C=O) groups is 8. The number of nitrogens with one attached hydrogen (secondary N) is 4. The summed E-state index contributed by atoms with van der Waals surface area (Å²) < 4.78 is 12.1. The maximum Gasteiger partial charge on any atom is 0.415 e. The van der Waals surface area contributed by atoms with Crippen LogP contribution in [0.4, 0.5) is 32.3 Å². The minimum atomic E-state index is -1.11. The van der Waals surface area contributed by atoms with Gasteiger partial charge in [-0.2, -0.15) is 0 Å². The number of ether oxygens (including phenoxy) is 2. The van der Waals surface area contributed by atoms with Gasteiger partial charge in [0.2, 0.25) is 11.8 Å². The van der Waals surface area contributed by atoms with Crippen LogP contribution in [0.2, 0.25) is 0 Å². The highest BCUT2D eigenvalue weighted by atomic mass is 35.5. The molecule has 0 unspecified atom stereocenters. The molecule has 24 nitrogen and oxygen atoms in total. The van der Waals surface area contributed by atoms with Gasteiger partial charge in [0.05, 0.1) is 17.6 Å². The molecule has 0 bridgehead atoms. The fourth-order valence-corrected chi connectivity index (χ4v) is 14.6. The number of anilines is 4. The van der Waals surface area contributed by atoms with Crippen LogP contribution in [0.5, 0.6) is 5.75 Å². The van der Waals surface area contributed by atoms with Crippen molar-refractivity contribution in [2.75, 3.05) is 88.0 Å². The van der Waals surface area contributed by atoms with Crippen LogP contribution in [0, 0.1) is 17.8 Å². The Morgan fingerprint density at radius 1 is 0.816 bits per heavy atom. The molecular formula is C72H88ClN13O11S. The number of likely N-dealkylation sites (tertiary alicyclic amines) is 1. The molecular weight excluding hydrogens is 1290 g/mol. The van der Waals surface area contributed by atoms with Crippen LogP contribution >= 0.6 is 22.9 Å². The second-order valence-electron chi connectivity index (χ2n) is 26.8. The van der Waals surface area contributed by atoms with Crippen molar-refractivity contribution in [1.82, 2.24) is 40.2 Å². The first-order valence-corrected chi connectivity index (χ1v) is 34.7. The van der Waals surface area contributed by atoms with E-state index in [0.29, 0.717) is 96.5 Å². The highest BCUT2D eigenvalue weighted by molar-refractivity contribution is 7.09. The Morgan fingerprint density at radius 3 is 2.19 bits per heavy atom. The molecule has 10 rings (SSSR count). The molecule has 5 heterocycles. The molecule has 7 amide bonds. The summed E-state index contributed by atoms with van der Waals surface area (Å²) in [5.74, 6) is -4.31. The third-order valence-electron chi connectivity index (χ3n) is 19.3. The van der Waals surface area contributed by atoms with Crippen molar-refractivity contribution in [1.29, 1.82) is 0 Å². The van der Waals surface area contributed by atoms with Crippen LogP contribution in [0.15, 0.2) is 102 Å². The number of thiazole rings is 1. The lowest BCUT2D eigenvalue weighted by atomic mass is 9.89. The first kappa shape index (κ1) is 71.5. The summed E-state index contributed by atoms with van der Waals surface area (Å²) in [6, 6.07) is 25.7. The van der Waals surface area contributed by atoms with Crippen LogP contribution in [0.1, 0.15) is 131 Å². The molecule has 26 heteroatoms. The molecule has 0 aliphatic carbocycles. The smallest absolute Gasteiger partial charge is 0.415 e. The van der Waals surface area contributed by atoms with E-state index in [-0.39, 0.29) is 82.9 Å². The van der Waals surface area contributed by atoms with E-state index in [9.17, 15) is 38.7 Å². The molecule has 2 aromatic heterocycles. The Labute approximate surface area is 578 Å². The van der Waals surface area contributed by atoms with Crippen LogP contribution in [0.25, 0.3) is 21.7 Å². The number of hydrogen-bond acceptors (Lipinski definition) is 16. The van der Waals surface area contributed by atoms with Crippen molar-refractivity contribution < 1.29 is 52.9 Å². The summed E-state index contributed by atoms with van der Waals surface area (Å²) in [6.07, 6.45) is 0.976. The van der Waals surface area contributed by atoms with E-state index in [4.69, 9.17) is 38.3 Å². The lowest BCUT2D eigenvalue weighted by Gasteiger charge is -2.38. The number of nitrogens with zero attached hydrogens (tertiary/aromatic N) is 6. The van der Waals surface area contributed by atoms with Gasteiger partial charge < -0.3 is 72.3 Å². The highest BCUT2D eigenvalue weighted by Gasteiger charge is 2.40. The lowest BCUT2D eigenvalue weighted by molar-refractivity contribution is -0.141. The van der Waals surface area contributed by atoms with Gasteiger partial charge in [0.1, 0.15) is 28.2 Å². The molecule has 3 aliphatic rings. The normalized spacial score (nSPS) is 17.7. The number of nitrogens with two attached hydrogens (primary N) is 3. The SMILES string of the molecule is CC(C)[C@@H](C[C@@H](OC(N)=O)c1nc(C(=O)N[C@@H](Cc2ccc(N)cc2)C[C@H](C)C(=O)O)cs1)N(C)C(=O)[C@@H](NC(=O)[C@H]1CCCCN1C)[C@@H](C)CCc1ccc2c(OC(=O)N3CCN(C)CC3)cc3c(c2c1)[C@H](CCl)CN3C(=O)c1cc2cc(NC(=O)c3ccc(N)cc3)ccc2[nH]1. The number of carboxylic acid groups (broad SMARTS) is 1. The van der Waals surface area contributed by atoms with Crippen LogP contribution in [0.3, 0.4) is 0 Å². The topological polar surface area (TPSA) is 334 Å². The third kappa shape index (κ3) is 17.0. The van der Waals surface area contributed by atoms with Gasteiger partial charge in [-0.25, -0.2) is 14.6 Å². The van der Waals surface area contributed by atoms with Crippen molar-refractivity contribution in [2.45, 2.75) is 115 Å². The van der Waals surface area contributed by atoms with Gasteiger partial charge in [0, 0.05) is 120 Å². The average molecular weight is 1380 g/mol. The quantitative estimate of drug-likeness (QED) is 0.0195. The Kier molecular flexibility index (Phi) is 23.0. The zero-order chi connectivity index (χ0) is 70.2. The molecule has 0 radical (unpaired) electrons. The number of primary amides is 1. The van der Waals surface area contributed by atoms with Crippen LogP contribution in [-0.2, 0) is 32.0 Å². The minimum Gasteiger partial charge on any atom is -0.481 e. The second kappa shape index (κ2) is 31.5. The van der Waals surface area contributed by atoms with E-state index in [1.165, 1.54) is 5.38 Å². The largest absolute Gasteiger partial charge is 0.481 e. The van der Waals surface area contributed by atoms with E-state index in [1.54, 1.807) is 95.4 Å². The summed E-state index contributed by atoms with van der Waals surface area (Å²) in [6.45, 7) is 10.6. The maximum atomic E-state index is 15.5. The fraction of sp³-hybridized carbons (Fsp3) is 0.431. The number of rotatable bonds is 25. The number of aromatic nitrogens is 2. The van der Waals surface area contributed by atoms with Crippen molar-refractivity contribution in [3.63, 3.8) is 0 Å². The molecule has 98 heavy (non-hydrogen) atoms. The first-order chi connectivity index (χ1) is 46.8. The van der Waals surface area contributed by atoms with E-state index >= 15 is 4.79 Å². The number of piperidine rings is 1. The third-order valence-corrected chi connectivity index (χ3v) is 20.6. The van der Waals surface area contributed by atoms with Crippen molar-refractivity contribution in [2.24, 2.45) is 23.5 Å². The summed E-state index contributed by atoms with van der Waals surface area (Å²) in [7, 11) is 5.56. The summed E-state index contributed by atoms with van der Waals surface area (Å²) in [4.78, 5) is 128. The molecule has 3 aliphatic heterocycles.